The van der Waals surface area contributed by atoms with Crippen LogP contribution in [0.15, 0.2) is 12.1 Å². The molecule has 0 spiro atoms. The van der Waals surface area contributed by atoms with Crippen molar-refractivity contribution in [3.8, 4) is 0 Å². The van der Waals surface area contributed by atoms with Crippen molar-refractivity contribution in [1.82, 2.24) is 10.2 Å². The van der Waals surface area contributed by atoms with E-state index in [4.69, 9.17) is 0 Å². The minimum atomic E-state index is -0.469. The minimum absolute atomic E-state index is 0. The highest BCUT2D eigenvalue weighted by Gasteiger charge is 2.34. The molecule has 2 heterocycles. The fraction of sp³-hybridized carbons (Fsp3) is 0.625. The van der Waals surface area contributed by atoms with Gasteiger partial charge in [-0.15, -0.1) is 12.4 Å². The van der Waals surface area contributed by atoms with Crippen LogP contribution < -0.4 is 5.32 Å². The summed E-state index contributed by atoms with van der Waals surface area (Å²) < 4.78 is 27.3. The number of hydrogen-bond donors (Lipinski definition) is 1. The first-order valence-electron chi connectivity index (χ1n) is 7.41. The lowest BCUT2D eigenvalue weighted by Crippen LogP contribution is -2.42. The van der Waals surface area contributed by atoms with E-state index in [1.807, 2.05) is 0 Å². The highest BCUT2D eigenvalue weighted by Crippen LogP contribution is 2.35. The van der Waals surface area contributed by atoms with Gasteiger partial charge < -0.3 is 5.32 Å². The zero-order valence-corrected chi connectivity index (χ0v) is 13.4. The van der Waals surface area contributed by atoms with Gasteiger partial charge in [-0.05, 0) is 48.9 Å². The molecule has 1 fully saturated rings. The van der Waals surface area contributed by atoms with Gasteiger partial charge in [0.25, 0.3) is 0 Å². The van der Waals surface area contributed by atoms with E-state index < -0.39 is 5.82 Å². The maximum Gasteiger partial charge on any atom is 0.129 e. The molecule has 0 radical (unpaired) electrons. The second-order valence-corrected chi connectivity index (χ2v) is 6.59. The summed E-state index contributed by atoms with van der Waals surface area (Å²) in [6, 6.07) is 2.59. The second kappa shape index (κ2) is 6.19. The highest BCUT2D eigenvalue weighted by atomic mass is 35.5. The fourth-order valence-corrected chi connectivity index (χ4v) is 3.62. The van der Waals surface area contributed by atoms with Crippen molar-refractivity contribution in [2.45, 2.75) is 32.7 Å². The summed E-state index contributed by atoms with van der Waals surface area (Å²) >= 11 is 0. The van der Waals surface area contributed by atoms with E-state index in [2.05, 4.69) is 24.1 Å². The van der Waals surface area contributed by atoms with E-state index in [9.17, 15) is 8.78 Å². The molecule has 2 aliphatic rings. The monoisotopic (exact) mass is 316 g/mol. The first kappa shape index (κ1) is 16.7. The molecule has 5 heteroatoms. The maximum atomic E-state index is 13.8. The van der Waals surface area contributed by atoms with Gasteiger partial charge in [-0.3, -0.25) is 4.90 Å². The van der Waals surface area contributed by atoms with E-state index in [-0.39, 0.29) is 29.7 Å². The first-order chi connectivity index (χ1) is 9.48. The molecule has 118 valence electrons. The summed E-state index contributed by atoms with van der Waals surface area (Å²) in [5.74, 6) is -0.857. The normalized spacial score (nSPS) is 29.0. The Bertz CT molecular complexity index is 515. The number of rotatable bonds is 2. The van der Waals surface area contributed by atoms with Crippen molar-refractivity contribution in [3.63, 3.8) is 0 Å². The highest BCUT2D eigenvalue weighted by molar-refractivity contribution is 5.85. The molecule has 0 amide bonds. The topological polar surface area (TPSA) is 15.3 Å². The van der Waals surface area contributed by atoms with Gasteiger partial charge in [-0.1, -0.05) is 6.92 Å². The third-order valence-corrected chi connectivity index (χ3v) is 4.88. The average Bonchev–Trinajstić information content (AvgIpc) is 2.80. The minimum Gasteiger partial charge on any atom is -0.316 e. The van der Waals surface area contributed by atoms with E-state index >= 15 is 0 Å². The quantitative estimate of drug-likeness (QED) is 0.900. The molecule has 0 saturated carbocycles. The Balaban J connectivity index is 0.00000161. The largest absolute Gasteiger partial charge is 0.316 e. The molecule has 21 heavy (non-hydrogen) atoms. The van der Waals surface area contributed by atoms with Gasteiger partial charge in [0.2, 0.25) is 0 Å². The van der Waals surface area contributed by atoms with Crippen molar-refractivity contribution in [1.29, 1.82) is 0 Å². The number of benzene rings is 1. The molecule has 1 aromatic carbocycles. The standard InChI is InChI=1S/C16H22F2N2.ClH/c1-11-14-7-12(17)8-15(18)13(14)3-6-20(11)10-16(2)4-5-19-9-16;/h7-8,11,19H,3-6,9-10H2,1-2H3;1H. The predicted octanol–water partition coefficient (Wildman–Crippen LogP) is 3.31. The van der Waals surface area contributed by atoms with Gasteiger partial charge in [0.05, 0.1) is 0 Å². The van der Waals surface area contributed by atoms with Crippen LogP contribution in [0.25, 0.3) is 0 Å². The van der Waals surface area contributed by atoms with Crippen molar-refractivity contribution in [2.75, 3.05) is 26.2 Å². The zero-order chi connectivity index (χ0) is 14.3. The van der Waals surface area contributed by atoms with Gasteiger partial charge in [-0.2, -0.15) is 0 Å². The van der Waals surface area contributed by atoms with Crippen LogP contribution in [-0.2, 0) is 6.42 Å². The summed E-state index contributed by atoms with van der Waals surface area (Å²) in [5.41, 5.74) is 1.80. The van der Waals surface area contributed by atoms with Crippen molar-refractivity contribution >= 4 is 12.4 Å². The van der Waals surface area contributed by atoms with E-state index in [0.717, 1.165) is 37.8 Å². The second-order valence-electron chi connectivity index (χ2n) is 6.59. The molecular weight excluding hydrogens is 294 g/mol. The van der Waals surface area contributed by atoms with Gasteiger partial charge in [0.1, 0.15) is 11.6 Å². The van der Waals surface area contributed by atoms with Crippen LogP contribution >= 0.6 is 12.4 Å². The number of halogens is 3. The van der Waals surface area contributed by atoms with Crippen LogP contribution in [0.4, 0.5) is 8.78 Å². The van der Waals surface area contributed by atoms with E-state index in [0.29, 0.717) is 12.0 Å². The molecule has 3 rings (SSSR count). The van der Waals surface area contributed by atoms with Crippen LogP contribution in [0.5, 0.6) is 0 Å². The van der Waals surface area contributed by atoms with Crippen LogP contribution in [0.3, 0.4) is 0 Å². The lowest BCUT2D eigenvalue weighted by atomic mass is 9.86. The van der Waals surface area contributed by atoms with Crippen LogP contribution in [0.2, 0.25) is 0 Å². The Labute approximate surface area is 131 Å². The fourth-order valence-electron chi connectivity index (χ4n) is 3.62. The third-order valence-electron chi connectivity index (χ3n) is 4.88. The Hall–Kier alpha value is -0.710. The molecule has 2 unspecified atom stereocenters. The molecule has 2 nitrogen and oxygen atoms in total. The summed E-state index contributed by atoms with van der Waals surface area (Å²) in [7, 11) is 0. The number of nitrogens with one attached hydrogen (secondary N) is 1. The van der Waals surface area contributed by atoms with Gasteiger partial charge >= 0.3 is 0 Å². The Morgan fingerprint density at radius 3 is 2.81 bits per heavy atom. The molecule has 2 atom stereocenters. The molecule has 0 aliphatic carbocycles. The van der Waals surface area contributed by atoms with Crippen molar-refractivity contribution < 1.29 is 8.78 Å². The molecule has 0 bridgehead atoms. The summed E-state index contributed by atoms with van der Waals surface area (Å²) in [5, 5.41) is 3.41. The molecule has 0 aromatic heterocycles. The molecular formula is C16H23ClF2N2. The van der Waals surface area contributed by atoms with E-state index in [1.165, 1.54) is 12.5 Å². The lowest BCUT2D eigenvalue weighted by molar-refractivity contribution is 0.127. The smallest absolute Gasteiger partial charge is 0.129 e. The number of hydrogen-bond acceptors (Lipinski definition) is 2. The van der Waals surface area contributed by atoms with Crippen LogP contribution in [-0.4, -0.2) is 31.1 Å². The Morgan fingerprint density at radius 2 is 2.14 bits per heavy atom. The number of fused-ring (bicyclic) bond motifs is 1. The molecule has 1 aromatic rings. The van der Waals surface area contributed by atoms with Crippen molar-refractivity contribution in [3.05, 3.63) is 34.9 Å². The summed E-state index contributed by atoms with van der Waals surface area (Å²) in [6.45, 7) is 8.29. The Kier molecular flexibility index (Phi) is 4.91. The summed E-state index contributed by atoms with van der Waals surface area (Å²) in [4.78, 5) is 2.37. The zero-order valence-electron chi connectivity index (χ0n) is 12.6. The van der Waals surface area contributed by atoms with Gasteiger partial charge in [-0.25, -0.2) is 8.78 Å². The van der Waals surface area contributed by atoms with E-state index in [1.54, 1.807) is 0 Å². The molecule has 1 N–H and O–H groups in total. The van der Waals surface area contributed by atoms with Crippen LogP contribution in [0, 0.1) is 17.0 Å². The SMILES string of the molecule is CC1c2cc(F)cc(F)c2CCN1CC1(C)CCNC1.Cl. The van der Waals surface area contributed by atoms with Gasteiger partial charge in [0.15, 0.2) is 0 Å². The molecule has 1 saturated heterocycles. The first-order valence-corrected chi connectivity index (χ1v) is 7.41. The number of nitrogens with zero attached hydrogens (tertiary/aromatic N) is 1. The maximum absolute atomic E-state index is 13.8. The third kappa shape index (κ3) is 3.22. The lowest BCUT2D eigenvalue weighted by Gasteiger charge is -2.40. The Morgan fingerprint density at radius 1 is 1.38 bits per heavy atom. The average molecular weight is 317 g/mol. The predicted molar refractivity (Wildman–Crippen MR) is 82.9 cm³/mol. The van der Waals surface area contributed by atoms with Crippen LogP contribution in [0.1, 0.15) is 37.4 Å². The summed E-state index contributed by atoms with van der Waals surface area (Å²) in [6.07, 6.45) is 1.84. The van der Waals surface area contributed by atoms with Gasteiger partial charge in [0, 0.05) is 31.7 Å². The molecule has 2 aliphatic heterocycles. The van der Waals surface area contributed by atoms with Crippen molar-refractivity contribution in [2.24, 2.45) is 5.41 Å².